The second-order valence-electron chi connectivity index (χ2n) is 45.3. The molecule has 8 rings (SSSR count). The molecule has 3 aromatic rings. The molecule has 0 saturated carbocycles. The standard InChI is InChI=1S/C99H189N23/c1-30-39-53-114(54-40-31-2)81-100-82(115(55-41-32-3)56-42-33-4)103-85(102-81)119(77-68-92(14,15)110-93(16,17)69-77)62-50-48-49-51-63-120(78-70-94(18,19)111-95(20,21)71-78)88-106-87(118(61-47-38-9)76-66-90(10,11)109-91(12,13)67-76)107-89(108-88)122(80-74-98(26,27)113-99(28,29)75-80)65-52-64-121(79-72-96(22,23)112-97(24,25)73-79)86-104-83(116(57-43-34-5)58-44-35-6)101-84(105-86)117(59-45-36-7)60-46-37-8/h76-80,109-113H,30-75H2,1-29H3. The molecule has 5 fully saturated rings. The lowest BCUT2D eigenvalue weighted by Gasteiger charge is -2.51. The number of rotatable bonds is 52. The maximum Gasteiger partial charge on any atom is 0.232 e. The smallest absolute Gasteiger partial charge is 0.232 e. The zero-order valence-electron chi connectivity index (χ0n) is 84.5. The Bertz CT molecular complexity index is 3360. The van der Waals surface area contributed by atoms with Gasteiger partial charge >= 0.3 is 0 Å². The van der Waals surface area contributed by atoms with Crippen molar-refractivity contribution in [3.63, 3.8) is 0 Å². The Kier molecular flexibility index (Phi) is 38.1. The van der Waals surface area contributed by atoms with Crippen molar-refractivity contribution in [2.45, 2.75) is 498 Å². The third kappa shape index (κ3) is 31.5. The van der Waals surface area contributed by atoms with Crippen LogP contribution in [0.3, 0.4) is 0 Å². The van der Waals surface area contributed by atoms with Gasteiger partial charge in [0.2, 0.25) is 53.5 Å². The first-order chi connectivity index (χ1) is 57.3. The zero-order chi connectivity index (χ0) is 89.7. The SMILES string of the molecule is CCCCN(CCCC)c1nc(N(CCCC)CCCC)nc(N(CCCCCCN(c2nc(N(CCCC)C3CC(C)(C)NC(C)(C)C3)nc(N(CCCN(c3nc(N(CCCC)CCCC)nc(N(CCCC)CCCC)n3)C3CC(C)(C)NC(C)(C)C3)C3CC(C)(C)NC(C)(C)C3)n2)C2CC(C)(C)NC(C)(C)C2)C2CC(C)(C)NC(C)(C)C2)n1. The third-order valence-electron chi connectivity index (χ3n) is 26.6. The largest absolute Gasteiger partial charge is 0.341 e. The number of aromatic nitrogens is 9. The summed E-state index contributed by atoms with van der Waals surface area (Å²) in [6.07, 6.45) is 34.5. The van der Waals surface area contributed by atoms with Crippen LogP contribution in [0.1, 0.15) is 413 Å². The van der Waals surface area contributed by atoms with E-state index in [1.165, 1.54) is 0 Å². The van der Waals surface area contributed by atoms with E-state index in [9.17, 15) is 0 Å². The Morgan fingerprint density at radius 1 is 0.180 bits per heavy atom. The normalized spacial score (nSPS) is 20.5. The Morgan fingerprint density at radius 2 is 0.311 bits per heavy atom. The van der Waals surface area contributed by atoms with E-state index < -0.39 is 0 Å². The molecule has 700 valence electrons. The van der Waals surface area contributed by atoms with Crippen molar-refractivity contribution in [2.75, 3.05) is 129 Å². The molecule has 23 nitrogen and oxygen atoms in total. The molecule has 0 amide bonds. The van der Waals surface area contributed by atoms with Crippen LogP contribution in [-0.4, -0.2) is 216 Å². The van der Waals surface area contributed by atoms with Gasteiger partial charge < -0.3 is 70.7 Å². The van der Waals surface area contributed by atoms with Crippen LogP contribution in [0.5, 0.6) is 0 Å². The number of nitrogens with one attached hydrogen (secondary N) is 5. The summed E-state index contributed by atoms with van der Waals surface area (Å²) >= 11 is 0. The Balaban J connectivity index is 1.29. The van der Waals surface area contributed by atoms with Crippen LogP contribution in [0, 0.1) is 0 Å². The van der Waals surface area contributed by atoms with Gasteiger partial charge in [-0.25, -0.2) is 0 Å². The van der Waals surface area contributed by atoms with Crippen molar-refractivity contribution in [3.05, 3.63) is 0 Å². The minimum absolute atomic E-state index is 0.0733. The summed E-state index contributed by atoms with van der Waals surface area (Å²) < 4.78 is 0. The summed E-state index contributed by atoms with van der Waals surface area (Å²) in [4.78, 5) is 75.8. The summed E-state index contributed by atoms with van der Waals surface area (Å²) in [6.45, 7) is 80.6. The van der Waals surface area contributed by atoms with Gasteiger partial charge in [-0.1, -0.05) is 133 Å². The van der Waals surface area contributed by atoms with Gasteiger partial charge in [0.25, 0.3) is 0 Å². The lowest BCUT2D eigenvalue weighted by molar-refractivity contribution is 0.155. The fourth-order valence-electron chi connectivity index (χ4n) is 22.6. The Hall–Kier alpha value is -4.97. The van der Waals surface area contributed by atoms with Crippen molar-refractivity contribution < 1.29 is 0 Å². The Morgan fingerprint density at radius 3 is 0.475 bits per heavy atom. The summed E-state index contributed by atoms with van der Waals surface area (Å²) in [7, 11) is 0. The van der Waals surface area contributed by atoms with Gasteiger partial charge in [0.05, 0.1) is 0 Å². The lowest BCUT2D eigenvalue weighted by Crippen LogP contribution is -2.63. The van der Waals surface area contributed by atoms with Gasteiger partial charge in [0.15, 0.2) is 0 Å². The second kappa shape index (κ2) is 45.3. The van der Waals surface area contributed by atoms with Crippen molar-refractivity contribution in [2.24, 2.45) is 0 Å². The van der Waals surface area contributed by atoms with E-state index >= 15 is 0 Å². The molecular weight excluding hydrogens is 1510 g/mol. The molecule has 0 spiro atoms. The van der Waals surface area contributed by atoms with Gasteiger partial charge in [-0.2, -0.15) is 44.9 Å². The van der Waals surface area contributed by atoms with Crippen LogP contribution in [0.15, 0.2) is 0 Å². The topological polar surface area (TPSA) is 205 Å². The molecule has 5 aliphatic rings. The summed E-state index contributed by atoms with van der Waals surface area (Å²) in [6, 6.07) is 0.886. The molecule has 23 heteroatoms. The minimum atomic E-state index is -0.164. The van der Waals surface area contributed by atoms with Gasteiger partial charge in [0.1, 0.15) is 0 Å². The Labute approximate surface area is 748 Å². The number of nitrogens with zero attached hydrogens (tertiary/aromatic N) is 18. The van der Waals surface area contributed by atoms with Crippen LogP contribution in [0.4, 0.5) is 53.5 Å². The van der Waals surface area contributed by atoms with E-state index in [4.69, 9.17) is 44.9 Å². The lowest BCUT2D eigenvalue weighted by atomic mass is 9.78. The second-order valence-corrected chi connectivity index (χ2v) is 45.3. The van der Waals surface area contributed by atoms with Crippen molar-refractivity contribution >= 4 is 53.5 Å². The van der Waals surface area contributed by atoms with E-state index in [0.29, 0.717) is 0 Å². The van der Waals surface area contributed by atoms with Gasteiger partial charge in [-0.15, -0.1) is 0 Å². The first-order valence-corrected chi connectivity index (χ1v) is 50.4. The highest BCUT2D eigenvalue weighted by atomic mass is 15.4. The van der Waals surface area contributed by atoms with E-state index in [-0.39, 0.29) is 85.6 Å². The fraction of sp³-hybridized carbons (Fsp3) is 0.909. The molecule has 8 heterocycles. The molecule has 0 aliphatic carbocycles. The third-order valence-corrected chi connectivity index (χ3v) is 26.6. The van der Waals surface area contributed by atoms with Crippen LogP contribution >= 0.6 is 0 Å². The number of unbranched alkanes of at least 4 members (excludes halogenated alkanes) is 12. The van der Waals surface area contributed by atoms with E-state index in [1.54, 1.807) is 0 Å². The monoisotopic (exact) mass is 1700 g/mol. The van der Waals surface area contributed by atoms with Crippen LogP contribution in [-0.2, 0) is 0 Å². The number of hydrogen-bond acceptors (Lipinski definition) is 23. The molecular formula is C99H189N23. The van der Waals surface area contributed by atoms with Crippen molar-refractivity contribution in [1.82, 2.24) is 71.4 Å². The van der Waals surface area contributed by atoms with Gasteiger partial charge in [-0.05, 0) is 280 Å². The molecule has 5 aliphatic heterocycles. The van der Waals surface area contributed by atoms with Gasteiger partial charge in [0, 0.05) is 171 Å². The highest BCUT2D eigenvalue weighted by Gasteiger charge is 2.48. The summed E-state index contributed by atoms with van der Waals surface area (Å²) in [5, 5.41) is 20.5. The van der Waals surface area contributed by atoms with E-state index in [0.717, 1.165) is 351 Å². The number of hydrogen-bond donors (Lipinski definition) is 5. The molecule has 122 heavy (non-hydrogen) atoms. The molecule has 0 aromatic carbocycles. The van der Waals surface area contributed by atoms with Crippen molar-refractivity contribution in [1.29, 1.82) is 0 Å². The molecule has 0 bridgehead atoms. The molecule has 5 N–H and O–H groups in total. The van der Waals surface area contributed by atoms with Crippen LogP contribution in [0.2, 0.25) is 0 Å². The average Bonchev–Trinajstić information content (AvgIpc) is 0.768. The summed E-state index contributed by atoms with van der Waals surface area (Å²) in [5.74, 6) is 7.51. The maximum absolute atomic E-state index is 6.18. The quantitative estimate of drug-likeness (QED) is 0.0333. The minimum Gasteiger partial charge on any atom is -0.341 e. The maximum atomic E-state index is 6.18. The number of anilines is 9. The average molecular weight is 1700 g/mol. The fourth-order valence-corrected chi connectivity index (χ4v) is 22.6. The molecule has 0 atom stereocenters. The van der Waals surface area contributed by atoms with Crippen LogP contribution < -0.4 is 70.7 Å². The zero-order valence-corrected chi connectivity index (χ0v) is 84.5. The first-order valence-electron chi connectivity index (χ1n) is 50.4. The molecule has 3 aromatic heterocycles. The molecule has 0 unspecified atom stereocenters. The van der Waals surface area contributed by atoms with Crippen molar-refractivity contribution in [3.8, 4) is 0 Å². The molecule has 0 radical (unpaired) electrons. The predicted molar refractivity (Wildman–Crippen MR) is 524 cm³/mol. The van der Waals surface area contributed by atoms with E-state index in [1.807, 2.05) is 0 Å². The highest BCUT2D eigenvalue weighted by Crippen LogP contribution is 2.42. The highest BCUT2D eigenvalue weighted by molar-refractivity contribution is 5.52. The van der Waals surface area contributed by atoms with Gasteiger partial charge in [-0.3, -0.25) is 0 Å². The molecule has 5 saturated heterocycles. The van der Waals surface area contributed by atoms with Crippen LogP contribution in [0.25, 0.3) is 0 Å². The van der Waals surface area contributed by atoms with E-state index in [2.05, 4.69) is 271 Å². The first kappa shape index (κ1) is 102. The predicted octanol–water partition coefficient (Wildman–Crippen LogP) is 20.6. The number of piperidine rings is 5. The summed E-state index contributed by atoms with van der Waals surface area (Å²) in [5.41, 5.74) is -1.22.